The highest BCUT2D eigenvalue weighted by Gasteiger charge is 2.71. The molecule has 0 saturated heterocycles. The Hall–Kier alpha value is -2.71. The number of hydrogen-bond donors (Lipinski definition) is 2. The first-order valence-corrected chi connectivity index (χ1v) is 10.8. The minimum atomic E-state index is -1.23. The van der Waals surface area contributed by atoms with E-state index in [4.69, 9.17) is 28.2 Å². The van der Waals surface area contributed by atoms with Gasteiger partial charge in [0.2, 0.25) is 0 Å². The number of carboxylic acids is 1. The van der Waals surface area contributed by atoms with Crippen LogP contribution in [0.2, 0.25) is 10.2 Å². The zero-order valence-electron chi connectivity index (χ0n) is 17.2. The van der Waals surface area contributed by atoms with Gasteiger partial charge in [-0.05, 0) is 50.5 Å². The lowest BCUT2D eigenvalue weighted by molar-refractivity contribution is -0.163. The molecule has 2 aromatic heterocycles. The van der Waals surface area contributed by atoms with Gasteiger partial charge in [-0.3, -0.25) is 9.36 Å². The van der Waals surface area contributed by atoms with Crippen molar-refractivity contribution in [2.75, 3.05) is 5.32 Å². The third-order valence-electron chi connectivity index (χ3n) is 6.52. The van der Waals surface area contributed by atoms with Crippen molar-refractivity contribution in [3.63, 3.8) is 0 Å². The van der Waals surface area contributed by atoms with E-state index in [9.17, 15) is 19.1 Å². The van der Waals surface area contributed by atoms with E-state index < -0.39 is 23.1 Å². The molecular weight excluding hydrogens is 458 g/mol. The zero-order chi connectivity index (χ0) is 23.0. The van der Waals surface area contributed by atoms with Crippen LogP contribution < -0.4 is 10.9 Å². The molecule has 0 spiro atoms. The van der Waals surface area contributed by atoms with Crippen LogP contribution in [0.3, 0.4) is 0 Å². The molecule has 3 aliphatic carbocycles. The van der Waals surface area contributed by atoms with Crippen molar-refractivity contribution < 1.29 is 14.3 Å². The van der Waals surface area contributed by atoms with Crippen molar-refractivity contribution in [3.05, 3.63) is 61.9 Å². The van der Waals surface area contributed by atoms with E-state index in [0.717, 1.165) is 0 Å². The number of nitrogens with one attached hydrogen (secondary N) is 1. The first-order chi connectivity index (χ1) is 15.0. The van der Waals surface area contributed by atoms with Crippen molar-refractivity contribution in [1.82, 2.24) is 14.5 Å². The monoisotopic (exact) mass is 476 g/mol. The number of benzene rings is 1. The summed E-state index contributed by atoms with van der Waals surface area (Å²) >= 11 is 12.2. The van der Waals surface area contributed by atoms with Gasteiger partial charge in [0.05, 0.1) is 22.6 Å². The maximum atomic E-state index is 14.2. The summed E-state index contributed by atoms with van der Waals surface area (Å²) in [6.45, 7) is 1.81. The lowest BCUT2D eigenvalue weighted by Gasteiger charge is -2.65. The van der Waals surface area contributed by atoms with Crippen molar-refractivity contribution in [2.45, 2.75) is 43.3 Å². The first kappa shape index (κ1) is 21.2. The zero-order valence-corrected chi connectivity index (χ0v) is 18.8. The molecule has 1 atom stereocenters. The predicted molar refractivity (Wildman–Crippen MR) is 120 cm³/mol. The number of nitrogens with zero attached hydrogens (tertiary/aromatic N) is 3. The van der Waals surface area contributed by atoms with Crippen LogP contribution in [0.5, 0.6) is 0 Å². The molecular formula is C22H19Cl2FN4O3. The fourth-order valence-corrected chi connectivity index (χ4v) is 5.47. The van der Waals surface area contributed by atoms with E-state index in [0.29, 0.717) is 46.6 Å². The lowest BCUT2D eigenvalue weighted by Crippen LogP contribution is -2.68. The molecule has 10 heteroatoms. The Kier molecular flexibility index (Phi) is 4.56. The van der Waals surface area contributed by atoms with E-state index in [-0.39, 0.29) is 22.1 Å². The molecule has 32 heavy (non-hydrogen) atoms. The van der Waals surface area contributed by atoms with Gasteiger partial charge in [-0.2, -0.15) is 0 Å². The van der Waals surface area contributed by atoms with Crippen molar-refractivity contribution in [1.29, 1.82) is 0 Å². The van der Waals surface area contributed by atoms with Crippen LogP contribution in [0.4, 0.5) is 10.1 Å². The summed E-state index contributed by atoms with van der Waals surface area (Å²) in [7, 11) is 1.65. The molecule has 0 aliphatic heterocycles. The Labute approximate surface area is 192 Å². The average Bonchev–Trinajstić information content (AvgIpc) is 2.68. The number of aromatic carboxylic acids is 1. The molecule has 166 valence electrons. The number of fused-ring (bicyclic) bond motifs is 1. The SMILES string of the molecule is C[C@@H](Nc1ccc(Cl)nc1C(=O)O)c1cc(Cl)cc2c(=O)n(C)c(C34CC(F)(C3)C4)nc12. The normalized spacial score (nSPS) is 24.5. The second kappa shape index (κ2) is 6.89. The lowest BCUT2D eigenvalue weighted by atomic mass is 9.42. The van der Waals surface area contributed by atoms with E-state index in [1.165, 1.54) is 16.7 Å². The van der Waals surface area contributed by atoms with Gasteiger partial charge < -0.3 is 10.4 Å². The molecule has 7 nitrogen and oxygen atoms in total. The molecule has 3 saturated carbocycles. The highest BCUT2D eigenvalue weighted by Crippen LogP contribution is 2.69. The molecule has 3 fully saturated rings. The molecule has 0 radical (unpaired) electrons. The largest absolute Gasteiger partial charge is 0.476 e. The number of anilines is 1. The number of pyridine rings is 1. The Bertz CT molecular complexity index is 1350. The number of rotatable bonds is 5. The van der Waals surface area contributed by atoms with Crippen LogP contribution in [0, 0.1) is 0 Å². The predicted octanol–water partition coefficient (Wildman–Crippen LogP) is 4.65. The Morgan fingerprint density at radius 2 is 1.94 bits per heavy atom. The summed E-state index contributed by atoms with van der Waals surface area (Å²) < 4.78 is 15.7. The number of alkyl halides is 1. The highest BCUT2D eigenvalue weighted by molar-refractivity contribution is 6.31. The summed E-state index contributed by atoms with van der Waals surface area (Å²) in [4.78, 5) is 33.4. The second-order valence-electron chi connectivity index (χ2n) is 8.85. The van der Waals surface area contributed by atoms with Crippen LogP contribution >= 0.6 is 23.2 Å². The van der Waals surface area contributed by atoms with Gasteiger partial charge in [0.15, 0.2) is 5.69 Å². The van der Waals surface area contributed by atoms with Crippen LogP contribution in [-0.4, -0.2) is 31.3 Å². The number of aromatic nitrogens is 3. The Morgan fingerprint density at radius 1 is 1.25 bits per heavy atom. The van der Waals surface area contributed by atoms with Gasteiger partial charge in [0, 0.05) is 23.0 Å². The van der Waals surface area contributed by atoms with Crippen LogP contribution in [0.25, 0.3) is 10.9 Å². The molecule has 2 heterocycles. The maximum absolute atomic E-state index is 14.2. The molecule has 0 amide bonds. The van der Waals surface area contributed by atoms with Gasteiger partial charge >= 0.3 is 5.97 Å². The Morgan fingerprint density at radius 3 is 2.56 bits per heavy atom. The summed E-state index contributed by atoms with van der Waals surface area (Å²) in [5.41, 5.74) is -0.644. The molecule has 3 aliphatic rings. The maximum Gasteiger partial charge on any atom is 0.356 e. The minimum absolute atomic E-state index is 0.0628. The second-order valence-corrected chi connectivity index (χ2v) is 9.68. The summed E-state index contributed by atoms with van der Waals surface area (Å²) in [6, 6.07) is 5.81. The number of hydrogen-bond acceptors (Lipinski definition) is 5. The van der Waals surface area contributed by atoms with Crippen molar-refractivity contribution in [3.8, 4) is 0 Å². The number of carbonyl (C=O) groups is 1. The quantitative estimate of drug-likeness (QED) is 0.520. The van der Waals surface area contributed by atoms with Crippen LogP contribution in [0.15, 0.2) is 29.1 Å². The summed E-state index contributed by atoms with van der Waals surface area (Å²) in [5.74, 6) is -0.652. The smallest absolute Gasteiger partial charge is 0.356 e. The third kappa shape index (κ3) is 3.08. The van der Waals surface area contributed by atoms with Gasteiger partial charge in [-0.1, -0.05) is 23.2 Å². The summed E-state index contributed by atoms with van der Waals surface area (Å²) in [6.07, 6.45) is 1.13. The molecule has 2 N–H and O–H groups in total. The molecule has 3 aromatic rings. The fraction of sp³-hybridized carbons (Fsp3) is 0.364. The molecule has 0 unspecified atom stereocenters. The van der Waals surface area contributed by atoms with E-state index in [2.05, 4.69) is 10.3 Å². The molecule has 1 aromatic carbocycles. The highest BCUT2D eigenvalue weighted by atomic mass is 35.5. The average molecular weight is 477 g/mol. The third-order valence-corrected chi connectivity index (χ3v) is 6.95. The first-order valence-electron chi connectivity index (χ1n) is 10.1. The van der Waals surface area contributed by atoms with Gasteiger partial charge in [0.25, 0.3) is 5.56 Å². The van der Waals surface area contributed by atoms with E-state index >= 15 is 0 Å². The molecule has 6 rings (SSSR count). The van der Waals surface area contributed by atoms with Crippen molar-refractivity contribution in [2.24, 2.45) is 7.05 Å². The van der Waals surface area contributed by atoms with Crippen LogP contribution in [0.1, 0.15) is 54.1 Å². The van der Waals surface area contributed by atoms with E-state index in [1.807, 2.05) is 6.92 Å². The number of carboxylic acid groups (broad SMARTS) is 1. The molecule has 2 bridgehead atoms. The topological polar surface area (TPSA) is 97.1 Å². The van der Waals surface area contributed by atoms with E-state index in [1.54, 1.807) is 19.2 Å². The standard InChI is InChI=1S/C22H19Cl2FN4O3/c1-10(26-14-3-4-15(24)27-17(14)19(31)32)12-5-11(23)6-13-16(12)28-20(29(2)18(13)30)21-7-22(25,8-21)9-21/h3-6,10,26H,7-9H2,1-2H3,(H,31,32)/t10-,21?,22?/m1/s1. The Balaban J connectivity index is 1.62. The van der Waals surface area contributed by atoms with Gasteiger partial charge in [-0.25, -0.2) is 19.2 Å². The minimum Gasteiger partial charge on any atom is -0.476 e. The van der Waals surface area contributed by atoms with Crippen molar-refractivity contribution >= 4 is 45.8 Å². The summed E-state index contributed by atoms with van der Waals surface area (Å²) in [5, 5.41) is 13.4. The number of halogens is 3. The fourth-order valence-electron chi connectivity index (χ4n) is 5.10. The van der Waals surface area contributed by atoms with Gasteiger partial charge in [-0.15, -0.1) is 0 Å². The van der Waals surface area contributed by atoms with Crippen LogP contribution in [-0.2, 0) is 12.5 Å². The van der Waals surface area contributed by atoms with Gasteiger partial charge in [0.1, 0.15) is 16.6 Å².